The lowest BCUT2D eigenvalue weighted by atomic mass is 9.86. The molecule has 0 radical (unpaired) electrons. The van der Waals surface area contributed by atoms with E-state index >= 15 is 0 Å². The topological polar surface area (TPSA) is 74.9 Å². The van der Waals surface area contributed by atoms with Gasteiger partial charge >= 0.3 is 5.97 Å². The van der Waals surface area contributed by atoms with E-state index in [2.05, 4.69) is 10.3 Å². The van der Waals surface area contributed by atoms with Crippen LogP contribution in [0.2, 0.25) is 0 Å². The SMILES string of the molecule is Cc1nn(C)c(Oc2ccccc2)c1C=NOCc1ccc(C(=O)OC2(C)CCCCC2)cc1. The smallest absolute Gasteiger partial charge is 0.338 e. The Morgan fingerprint density at radius 3 is 2.50 bits per heavy atom. The molecule has 0 spiro atoms. The van der Waals surface area contributed by atoms with Gasteiger partial charge in [-0.25, -0.2) is 9.48 Å². The first-order valence-corrected chi connectivity index (χ1v) is 11.7. The van der Waals surface area contributed by atoms with E-state index in [4.69, 9.17) is 14.3 Å². The monoisotopic (exact) mass is 461 g/mol. The van der Waals surface area contributed by atoms with Gasteiger partial charge in [0.2, 0.25) is 5.88 Å². The Bertz CT molecular complexity index is 1130. The summed E-state index contributed by atoms with van der Waals surface area (Å²) in [5.74, 6) is 1.04. The number of carbonyl (C=O) groups is 1. The van der Waals surface area contributed by atoms with Gasteiger partial charge in [0.15, 0.2) is 0 Å². The molecule has 0 saturated heterocycles. The Hall–Kier alpha value is -3.61. The first kappa shape index (κ1) is 23.5. The molecule has 1 aromatic heterocycles. The van der Waals surface area contributed by atoms with Gasteiger partial charge in [-0.2, -0.15) is 5.10 Å². The fourth-order valence-electron chi connectivity index (χ4n) is 4.15. The van der Waals surface area contributed by atoms with Crippen LogP contribution in [0, 0.1) is 6.92 Å². The largest absolute Gasteiger partial charge is 0.456 e. The van der Waals surface area contributed by atoms with Gasteiger partial charge in [-0.05, 0) is 69.4 Å². The molecule has 2 aromatic carbocycles. The second-order valence-electron chi connectivity index (χ2n) is 8.95. The van der Waals surface area contributed by atoms with Gasteiger partial charge in [0.1, 0.15) is 18.0 Å². The number of hydrogen-bond donors (Lipinski definition) is 0. The molecule has 0 bridgehead atoms. The third-order valence-electron chi connectivity index (χ3n) is 6.10. The highest BCUT2D eigenvalue weighted by atomic mass is 16.6. The summed E-state index contributed by atoms with van der Waals surface area (Å²) in [7, 11) is 1.82. The minimum atomic E-state index is -0.348. The summed E-state index contributed by atoms with van der Waals surface area (Å²) in [4.78, 5) is 18.0. The molecule has 0 aliphatic heterocycles. The van der Waals surface area contributed by atoms with Crippen LogP contribution in [-0.4, -0.2) is 27.6 Å². The molecule has 4 rings (SSSR count). The number of esters is 1. The highest BCUT2D eigenvalue weighted by Gasteiger charge is 2.31. The number of carbonyl (C=O) groups excluding carboxylic acids is 1. The maximum absolute atomic E-state index is 12.5. The van der Waals surface area contributed by atoms with E-state index in [9.17, 15) is 4.79 Å². The quantitative estimate of drug-likeness (QED) is 0.235. The first-order chi connectivity index (χ1) is 16.4. The zero-order valence-electron chi connectivity index (χ0n) is 20.0. The number of aryl methyl sites for hydroxylation is 2. The maximum Gasteiger partial charge on any atom is 0.338 e. The van der Waals surface area contributed by atoms with Crippen molar-refractivity contribution >= 4 is 12.2 Å². The van der Waals surface area contributed by atoms with Gasteiger partial charge in [0, 0.05) is 7.05 Å². The number of oxime groups is 1. The van der Waals surface area contributed by atoms with E-state index in [1.807, 2.05) is 63.4 Å². The fraction of sp³-hybridized carbons (Fsp3) is 0.370. The Labute approximate surface area is 200 Å². The van der Waals surface area contributed by atoms with E-state index in [0.717, 1.165) is 48.3 Å². The van der Waals surface area contributed by atoms with Gasteiger partial charge in [0.05, 0.1) is 23.0 Å². The second-order valence-corrected chi connectivity index (χ2v) is 8.95. The van der Waals surface area contributed by atoms with Gasteiger partial charge in [-0.3, -0.25) is 0 Å². The molecule has 7 nitrogen and oxygen atoms in total. The number of rotatable bonds is 8. The van der Waals surface area contributed by atoms with Gasteiger partial charge in [-0.1, -0.05) is 41.9 Å². The third-order valence-corrected chi connectivity index (χ3v) is 6.10. The maximum atomic E-state index is 12.5. The summed E-state index contributed by atoms with van der Waals surface area (Å²) in [6.07, 6.45) is 6.90. The van der Waals surface area contributed by atoms with Gasteiger partial charge in [-0.15, -0.1) is 0 Å². The molecule has 0 N–H and O–H groups in total. The van der Waals surface area contributed by atoms with E-state index in [-0.39, 0.29) is 18.2 Å². The van der Waals surface area contributed by atoms with Crippen LogP contribution in [0.25, 0.3) is 0 Å². The van der Waals surface area contributed by atoms with Crippen LogP contribution < -0.4 is 4.74 Å². The fourth-order valence-corrected chi connectivity index (χ4v) is 4.15. The molecule has 3 aromatic rings. The van der Waals surface area contributed by atoms with E-state index in [1.165, 1.54) is 6.42 Å². The van der Waals surface area contributed by atoms with Crippen molar-refractivity contribution in [1.82, 2.24) is 9.78 Å². The van der Waals surface area contributed by atoms with Crippen LogP contribution in [0.3, 0.4) is 0 Å². The molecule has 1 aliphatic rings. The highest BCUT2D eigenvalue weighted by Crippen LogP contribution is 2.32. The van der Waals surface area contributed by atoms with Crippen molar-refractivity contribution in [3.8, 4) is 11.6 Å². The number of hydrogen-bond acceptors (Lipinski definition) is 6. The van der Waals surface area contributed by atoms with Crippen molar-refractivity contribution < 1.29 is 19.1 Å². The van der Waals surface area contributed by atoms with Crippen LogP contribution in [-0.2, 0) is 23.2 Å². The summed E-state index contributed by atoms with van der Waals surface area (Å²) in [5.41, 5.74) is 2.64. The Morgan fingerprint density at radius 2 is 1.79 bits per heavy atom. The first-order valence-electron chi connectivity index (χ1n) is 11.7. The Balaban J connectivity index is 1.33. The Kier molecular flexibility index (Phi) is 7.30. The molecular formula is C27H31N3O4. The number of ether oxygens (including phenoxy) is 2. The molecule has 7 heteroatoms. The molecule has 0 amide bonds. The lowest BCUT2D eigenvalue weighted by Crippen LogP contribution is -2.33. The number of nitrogens with zero attached hydrogens (tertiary/aromatic N) is 3. The van der Waals surface area contributed by atoms with E-state index < -0.39 is 0 Å². The molecule has 34 heavy (non-hydrogen) atoms. The van der Waals surface area contributed by atoms with Crippen molar-refractivity contribution in [2.24, 2.45) is 12.2 Å². The van der Waals surface area contributed by atoms with Crippen LogP contribution in [0.4, 0.5) is 0 Å². The zero-order valence-corrected chi connectivity index (χ0v) is 20.0. The highest BCUT2D eigenvalue weighted by molar-refractivity contribution is 5.89. The number of para-hydroxylation sites is 1. The van der Waals surface area contributed by atoms with Gasteiger partial charge in [0.25, 0.3) is 0 Å². The normalized spacial score (nSPS) is 15.3. The molecule has 1 aliphatic carbocycles. The van der Waals surface area contributed by atoms with Crippen molar-refractivity contribution in [2.45, 2.75) is 58.2 Å². The molecule has 1 saturated carbocycles. The second kappa shape index (κ2) is 10.5. The molecule has 1 fully saturated rings. The van der Waals surface area contributed by atoms with Crippen molar-refractivity contribution in [2.75, 3.05) is 0 Å². The molecular weight excluding hydrogens is 430 g/mol. The summed E-state index contributed by atoms with van der Waals surface area (Å²) in [6.45, 7) is 4.20. The predicted molar refractivity (Wildman–Crippen MR) is 130 cm³/mol. The lowest BCUT2D eigenvalue weighted by molar-refractivity contribution is -0.0269. The molecule has 178 valence electrons. The summed E-state index contributed by atoms with van der Waals surface area (Å²) in [5, 5.41) is 8.53. The molecule has 1 heterocycles. The van der Waals surface area contributed by atoms with Crippen LogP contribution in [0.15, 0.2) is 59.8 Å². The third kappa shape index (κ3) is 5.84. The molecule has 0 unspecified atom stereocenters. The van der Waals surface area contributed by atoms with Crippen LogP contribution >= 0.6 is 0 Å². The summed E-state index contributed by atoms with van der Waals surface area (Å²) >= 11 is 0. The zero-order chi connectivity index (χ0) is 24.0. The van der Waals surface area contributed by atoms with Crippen molar-refractivity contribution in [3.63, 3.8) is 0 Å². The number of aromatic nitrogens is 2. The van der Waals surface area contributed by atoms with Crippen LogP contribution in [0.5, 0.6) is 11.6 Å². The van der Waals surface area contributed by atoms with Gasteiger partial charge < -0.3 is 14.3 Å². The standard InChI is InChI=1S/C27H31N3O4/c1-20-24(25(30(3)29-20)33-23-10-6-4-7-11-23)18-28-32-19-21-12-14-22(15-13-21)26(31)34-27(2)16-8-5-9-17-27/h4,6-7,10-15,18H,5,8-9,16-17,19H2,1-3H3. The molecule has 0 atom stereocenters. The van der Waals surface area contributed by atoms with Crippen LogP contribution in [0.1, 0.15) is 66.2 Å². The summed E-state index contributed by atoms with van der Waals surface area (Å²) < 4.78 is 13.5. The minimum absolute atomic E-state index is 0.270. The predicted octanol–water partition coefficient (Wildman–Crippen LogP) is 5.95. The number of benzene rings is 2. The summed E-state index contributed by atoms with van der Waals surface area (Å²) in [6, 6.07) is 16.8. The Morgan fingerprint density at radius 1 is 1.09 bits per heavy atom. The average molecular weight is 462 g/mol. The van der Waals surface area contributed by atoms with Crippen molar-refractivity contribution in [3.05, 3.63) is 77.0 Å². The van der Waals surface area contributed by atoms with Crippen molar-refractivity contribution in [1.29, 1.82) is 0 Å². The van der Waals surface area contributed by atoms with E-state index in [0.29, 0.717) is 11.4 Å². The van der Waals surface area contributed by atoms with E-state index in [1.54, 1.807) is 23.0 Å². The average Bonchev–Trinajstić information content (AvgIpc) is 3.10. The minimum Gasteiger partial charge on any atom is -0.456 e. The lowest BCUT2D eigenvalue weighted by Gasteiger charge is -2.33.